The number of hydrogen-bond donors (Lipinski definition) is 2. The molecule has 2 N–H and O–H groups in total. The summed E-state index contributed by atoms with van der Waals surface area (Å²) in [6, 6.07) is 11.6. The Bertz CT molecular complexity index is 1100. The Morgan fingerprint density at radius 3 is 2.59 bits per heavy atom. The van der Waals surface area contributed by atoms with E-state index in [4.69, 9.17) is 15.1 Å². The van der Waals surface area contributed by atoms with E-state index in [1.54, 1.807) is 11.3 Å². The molecule has 3 aromatic rings. The Morgan fingerprint density at radius 1 is 1.16 bits per heavy atom. The lowest BCUT2D eigenvalue weighted by molar-refractivity contribution is -0.136. The van der Waals surface area contributed by atoms with Crippen LogP contribution in [0.1, 0.15) is 48.4 Å². The number of aryl methyl sites for hydroxylation is 1. The molecule has 0 saturated heterocycles. The molecular formula is C26H29N3O2S. The number of aromatic nitrogens is 2. The number of benzene rings is 1. The zero-order chi connectivity index (χ0) is 22.9. The molecular weight excluding hydrogens is 418 g/mol. The molecule has 0 amide bonds. The van der Waals surface area contributed by atoms with Crippen LogP contribution in [-0.4, -0.2) is 21.0 Å². The number of rotatable bonds is 11. The maximum Gasteiger partial charge on any atom is 0.307 e. The summed E-state index contributed by atoms with van der Waals surface area (Å²) in [6.07, 6.45) is 9.88. The molecule has 0 saturated carbocycles. The number of aliphatic carboxylic acids is 1. The monoisotopic (exact) mass is 447 g/mol. The van der Waals surface area contributed by atoms with Gasteiger partial charge in [-0.3, -0.25) is 4.79 Å². The number of nitrogens with one attached hydrogen (secondary N) is 1. The van der Waals surface area contributed by atoms with E-state index in [0.29, 0.717) is 12.2 Å². The van der Waals surface area contributed by atoms with Crippen molar-refractivity contribution in [2.24, 2.45) is 0 Å². The van der Waals surface area contributed by atoms with Crippen molar-refractivity contribution in [3.05, 3.63) is 76.8 Å². The van der Waals surface area contributed by atoms with Gasteiger partial charge in [-0.25, -0.2) is 9.97 Å². The van der Waals surface area contributed by atoms with E-state index in [1.165, 1.54) is 4.88 Å². The molecule has 0 atom stereocenters. The lowest BCUT2D eigenvalue weighted by Crippen LogP contribution is -2.07. The number of thiophene rings is 1. The minimum Gasteiger partial charge on any atom is -0.481 e. The van der Waals surface area contributed by atoms with Crippen molar-refractivity contribution >= 4 is 34.9 Å². The van der Waals surface area contributed by atoms with Gasteiger partial charge in [0.25, 0.3) is 0 Å². The Morgan fingerprint density at radius 2 is 1.94 bits per heavy atom. The van der Waals surface area contributed by atoms with E-state index in [0.717, 1.165) is 52.5 Å². The number of allylic oxidation sites excluding steroid dienone is 2. The Hall–Kier alpha value is -3.25. The largest absolute Gasteiger partial charge is 0.481 e. The van der Waals surface area contributed by atoms with Gasteiger partial charge in [0.2, 0.25) is 0 Å². The summed E-state index contributed by atoms with van der Waals surface area (Å²) < 4.78 is 0. The topological polar surface area (TPSA) is 75.1 Å². The van der Waals surface area contributed by atoms with E-state index in [2.05, 4.69) is 50.0 Å². The highest BCUT2D eigenvalue weighted by molar-refractivity contribution is 7.16. The van der Waals surface area contributed by atoms with Crippen LogP contribution >= 0.6 is 11.3 Å². The molecule has 0 aliphatic carbocycles. The molecule has 6 heteroatoms. The smallest absolute Gasteiger partial charge is 0.307 e. The van der Waals surface area contributed by atoms with Crippen LogP contribution in [-0.2, 0) is 24.1 Å². The second-order valence-corrected chi connectivity index (χ2v) is 8.57. The molecule has 166 valence electrons. The zero-order valence-electron chi connectivity index (χ0n) is 18.6. The van der Waals surface area contributed by atoms with Crippen molar-refractivity contribution in [3.8, 4) is 10.7 Å². The van der Waals surface area contributed by atoms with E-state index >= 15 is 0 Å². The van der Waals surface area contributed by atoms with Crippen molar-refractivity contribution in [2.45, 2.75) is 46.0 Å². The van der Waals surface area contributed by atoms with Crippen LogP contribution in [0.5, 0.6) is 0 Å². The molecule has 3 rings (SSSR count). The molecule has 0 aliphatic heterocycles. The maximum atomic E-state index is 10.9. The summed E-state index contributed by atoms with van der Waals surface area (Å²) in [5.74, 6) is 0.626. The van der Waals surface area contributed by atoms with E-state index in [9.17, 15) is 4.79 Å². The van der Waals surface area contributed by atoms with Crippen LogP contribution in [0, 0.1) is 0 Å². The van der Waals surface area contributed by atoms with Gasteiger partial charge < -0.3 is 10.4 Å². The van der Waals surface area contributed by atoms with Gasteiger partial charge in [-0.15, -0.1) is 17.9 Å². The van der Waals surface area contributed by atoms with Gasteiger partial charge in [0.1, 0.15) is 5.82 Å². The third-order valence-electron chi connectivity index (χ3n) is 4.93. The third-order valence-corrected chi connectivity index (χ3v) is 5.98. The molecule has 0 aliphatic rings. The van der Waals surface area contributed by atoms with Gasteiger partial charge in [-0.05, 0) is 55.2 Å². The fourth-order valence-electron chi connectivity index (χ4n) is 3.34. The fourth-order valence-corrected chi connectivity index (χ4v) is 4.21. The number of carboxylic acid groups (broad SMARTS) is 1. The van der Waals surface area contributed by atoms with E-state index in [1.807, 2.05) is 30.3 Å². The molecule has 32 heavy (non-hydrogen) atoms. The first-order valence-electron chi connectivity index (χ1n) is 10.9. The highest BCUT2D eigenvalue weighted by atomic mass is 32.1. The second kappa shape index (κ2) is 11.4. The second-order valence-electron chi connectivity index (χ2n) is 7.45. The Kier molecular flexibility index (Phi) is 8.34. The predicted molar refractivity (Wildman–Crippen MR) is 134 cm³/mol. The van der Waals surface area contributed by atoms with Crippen molar-refractivity contribution < 1.29 is 9.90 Å². The summed E-state index contributed by atoms with van der Waals surface area (Å²) >= 11 is 1.68. The maximum absolute atomic E-state index is 10.9. The first kappa shape index (κ1) is 23.4. The summed E-state index contributed by atoms with van der Waals surface area (Å²) in [7, 11) is 0. The van der Waals surface area contributed by atoms with Gasteiger partial charge in [0, 0.05) is 21.8 Å². The quantitative estimate of drug-likeness (QED) is 0.321. The van der Waals surface area contributed by atoms with Gasteiger partial charge in [-0.1, -0.05) is 44.6 Å². The first-order chi connectivity index (χ1) is 15.5. The molecule has 2 aromatic heterocycles. The minimum atomic E-state index is -0.841. The van der Waals surface area contributed by atoms with Crippen molar-refractivity contribution in [2.75, 3.05) is 5.32 Å². The predicted octanol–water partition coefficient (Wildman–Crippen LogP) is 6.68. The molecule has 0 unspecified atom stereocenters. The van der Waals surface area contributed by atoms with Crippen molar-refractivity contribution in [1.82, 2.24) is 9.97 Å². The van der Waals surface area contributed by atoms with Crippen molar-refractivity contribution in [3.63, 3.8) is 0 Å². The summed E-state index contributed by atoms with van der Waals surface area (Å²) in [4.78, 5) is 22.9. The van der Waals surface area contributed by atoms with E-state index < -0.39 is 5.97 Å². The van der Waals surface area contributed by atoms with Crippen LogP contribution in [0.4, 0.5) is 11.5 Å². The minimum absolute atomic E-state index is 0.00699. The van der Waals surface area contributed by atoms with E-state index in [-0.39, 0.29) is 6.42 Å². The Balaban J connectivity index is 1.95. The summed E-state index contributed by atoms with van der Waals surface area (Å²) in [5, 5.41) is 12.4. The fraction of sp³-hybridized carbons (Fsp3) is 0.269. The number of hydrogen-bond acceptors (Lipinski definition) is 5. The van der Waals surface area contributed by atoms with Gasteiger partial charge in [0.15, 0.2) is 5.82 Å². The highest BCUT2D eigenvalue weighted by Gasteiger charge is 2.15. The van der Waals surface area contributed by atoms with Crippen LogP contribution in [0.3, 0.4) is 0 Å². The first-order valence-corrected chi connectivity index (χ1v) is 11.7. The molecule has 5 nitrogen and oxygen atoms in total. The molecule has 0 fully saturated rings. The number of carboxylic acids is 1. The lowest BCUT2D eigenvalue weighted by atomic mass is 10.1. The average molecular weight is 448 g/mol. The lowest BCUT2D eigenvalue weighted by Gasteiger charge is -2.15. The highest BCUT2D eigenvalue weighted by Crippen LogP contribution is 2.31. The molecule has 1 aromatic carbocycles. The van der Waals surface area contributed by atoms with Gasteiger partial charge in [0.05, 0.1) is 11.3 Å². The normalized spacial score (nSPS) is 11.1. The average Bonchev–Trinajstić information content (AvgIpc) is 3.25. The van der Waals surface area contributed by atoms with Gasteiger partial charge in [-0.2, -0.15) is 0 Å². The standard InChI is InChI=1S/C26H29N3O2S/c1-4-7-8-10-20-15-16-23(32-20)26-28-22(6-3)21(9-5-2)25(29-26)27-19-13-11-18(12-14-19)17-24(30)31/h5,8,10-16H,2,4,6-7,9,17H2,1,3H3,(H,30,31)(H,27,28,29)/b10-8+. The zero-order valence-corrected chi connectivity index (χ0v) is 19.4. The van der Waals surface area contributed by atoms with Crippen molar-refractivity contribution in [1.29, 1.82) is 0 Å². The van der Waals surface area contributed by atoms with Crippen LogP contribution < -0.4 is 5.32 Å². The van der Waals surface area contributed by atoms with Gasteiger partial charge >= 0.3 is 5.97 Å². The number of carbonyl (C=O) groups is 1. The van der Waals surface area contributed by atoms with Crippen LogP contribution in [0.25, 0.3) is 16.8 Å². The Labute approximate surface area is 193 Å². The summed E-state index contributed by atoms with van der Waals surface area (Å²) in [6.45, 7) is 8.16. The third kappa shape index (κ3) is 6.14. The SMILES string of the molecule is C=CCc1c(CC)nc(-c2ccc(/C=C/CCC)s2)nc1Nc1ccc(CC(=O)O)cc1. The van der Waals surface area contributed by atoms with Crippen LogP contribution in [0.15, 0.2) is 55.1 Å². The molecule has 0 bridgehead atoms. The molecule has 0 radical (unpaired) electrons. The van der Waals surface area contributed by atoms with Crippen LogP contribution in [0.2, 0.25) is 0 Å². The number of unbranched alkanes of at least 4 members (excludes halogenated alkanes) is 1. The number of nitrogens with zero attached hydrogens (tertiary/aromatic N) is 2. The molecule has 0 spiro atoms. The summed E-state index contributed by atoms with van der Waals surface area (Å²) in [5.41, 5.74) is 3.64. The number of anilines is 2. The molecule has 2 heterocycles.